The Balaban J connectivity index is 2.20. The molecule has 0 aromatic heterocycles. The molecule has 0 amide bonds. The van der Waals surface area contributed by atoms with Crippen molar-refractivity contribution in [2.75, 3.05) is 24.7 Å². The number of thioether (sulfide) groups is 1. The van der Waals surface area contributed by atoms with E-state index in [0.717, 1.165) is 11.5 Å². The minimum absolute atomic E-state index is 0.0784. The van der Waals surface area contributed by atoms with Gasteiger partial charge in [-0.1, -0.05) is 0 Å². The van der Waals surface area contributed by atoms with Crippen LogP contribution < -0.4 is 0 Å². The van der Waals surface area contributed by atoms with Gasteiger partial charge in [0.05, 0.1) is 0 Å². The average Bonchev–Trinajstić information content (AvgIpc) is 2.06. The molecule has 0 N–H and O–H groups in total. The molecule has 1 aliphatic rings. The third kappa shape index (κ3) is 3.31. The molecule has 0 aliphatic carbocycles. The molecule has 1 saturated heterocycles. The van der Waals surface area contributed by atoms with Crippen LogP contribution in [0, 0.1) is 0 Å². The van der Waals surface area contributed by atoms with E-state index in [9.17, 15) is 0 Å². The maximum Gasteiger partial charge on any atom is 0.169 e. The minimum atomic E-state index is -0.0784. The van der Waals surface area contributed by atoms with Gasteiger partial charge in [-0.2, -0.15) is 11.8 Å². The maximum absolute atomic E-state index is 5.50. The summed E-state index contributed by atoms with van der Waals surface area (Å²) in [6.45, 7) is 5.34. The Morgan fingerprint density at radius 2 is 1.67 bits per heavy atom. The molecule has 0 aromatic carbocycles. The fourth-order valence-electron chi connectivity index (χ4n) is 1.05. The smallest absolute Gasteiger partial charge is 0.169 e. The van der Waals surface area contributed by atoms with Crippen molar-refractivity contribution in [3.8, 4) is 0 Å². The van der Waals surface area contributed by atoms with Crippen LogP contribution >= 0.6 is 11.8 Å². The van der Waals surface area contributed by atoms with Crippen LogP contribution in [0.25, 0.3) is 0 Å². The standard InChI is InChI=1S/C8H16O3S/c1-3-9-7-5-12-6-8(11-7)10-4-2/h7-8H,3-6H2,1-2H3/t7-,8+. The lowest BCUT2D eigenvalue weighted by Crippen LogP contribution is -2.35. The normalized spacial score (nSPS) is 30.5. The summed E-state index contributed by atoms with van der Waals surface area (Å²) in [6, 6.07) is 0. The van der Waals surface area contributed by atoms with Gasteiger partial charge in [0, 0.05) is 24.7 Å². The van der Waals surface area contributed by atoms with E-state index in [2.05, 4.69) is 0 Å². The van der Waals surface area contributed by atoms with Gasteiger partial charge in [0.2, 0.25) is 0 Å². The fourth-order valence-corrected chi connectivity index (χ4v) is 1.93. The Labute approximate surface area is 77.8 Å². The summed E-state index contributed by atoms with van der Waals surface area (Å²) in [7, 11) is 0. The zero-order valence-corrected chi connectivity index (χ0v) is 8.43. The van der Waals surface area contributed by atoms with Gasteiger partial charge in [-0.05, 0) is 13.8 Å². The number of rotatable bonds is 4. The van der Waals surface area contributed by atoms with E-state index >= 15 is 0 Å². The Morgan fingerprint density at radius 3 is 2.08 bits per heavy atom. The zero-order valence-electron chi connectivity index (χ0n) is 7.62. The van der Waals surface area contributed by atoms with Crippen molar-refractivity contribution in [2.24, 2.45) is 0 Å². The van der Waals surface area contributed by atoms with E-state index < -0.39 is 0 Å². The summed E-state index contributed by atoms with van der Waals surface area (Å²) < 4.78 is 16.2. The molecule has 1 heterocycles. The predicted octanol–water partition coefficient (Wildman–Crippen LogP) is 1.47. The second kappa shape index (κ2) is 5.80. The van der Waals surface area contributed by atoms with Crippen LogP contribution in [0.15, 0.2) is 0 Å². The number of hydrogen-bond acceptors (Lipinski definition) is 4. The molecule has 3 nitrogen and oxygen atoms in total. The Kier molecular flexibility index (Phi) is 4.99. The quantitative estimate of drug-likeness (QED) is 0.674. The van der Waals surface area contributed by atoms with E-state index in [1.807, 2.05) is 25.6 Å². The fraction of sp³-hybridized carbons (Fsp3) is 1.00. The number of ether oxygens (including phenoxy) is 3. The molecule has 0 unspecified atom stereocenters. The molecule has 0 radical (unpaired) electrons. The maximum atomic E-state index is 5.50. The van der Waals surface area contributed by atoms with Gasteiger partial charge in [0.15, 0.2) is 12.6 Å². The lowest BCUT2D eigenvalue weighted by Gasteiger charge is -2.28. The summed E-state index contributed by atoms with van der Waals surface area (Å²) in [5.74, 6) is 1.83. The third-order valence-corrected chi connectivity index (χ3v) is 2.53. The Bertz CT molecular complexity index is 105. The van der Waals surface area contributed by atoms with Crippen LogP contribution in [0.2, 0.25) is 0 Å². The van der Waals surface area contributed by atoms with Crippen LogP contribution in [-0.2, 0) is 14.2 Å². The second-order valence-electron chi connectivity index (χ2n) is 2.44. The first kappa shape index (κ1) is 10.3. The van der Waals surface area contributed by atoms with Gasteiger partial charge in [0.25, 0.3) is 0 Å². The van der Waals surface area contributed by atoms with E-state index in [4.69, 9.17) is 14.2 Å². The highest BCUT2D eigenvalue weighted by Crippen LogP contribution is 2.19. The van der Waals surface area contributed by atoms with Gasteiger partial charge in [-0.25, -0.2) is 0 Å². The van der Waals surface area contributed by atoms with E-state index in [1.165, 1.54) is 0 Å². The van der Waals surface area contributed by atoms with Gasteiger partial charge in [-0.3, -0.25) is 0 Å². The summed E-state index contributed by atoms with van der Waals surface area (Å²) in [6.07, 6.45) is -0.157. The zero-order chi connectivity index (χ0) is 8.81. The highest BCUT2D eigenvalue weighted by molar-refractivity contribution is 7.99. The van der Waals surface area contributed by atoms with Crippen molar-refractivity contribution < 1.29 is 14.2 Å². The molecule has 1 rings (SSSR count). The summed E-state index contributed by atoms with van der Waals surface area (Å²) in [5.41, 5.74) is 0. The molecule has 4 heteroatoms. The van der Waals surface area contributed by atoms with Crippen LogP contribution in [0.3, 0.4) is 0 Å². The predicted molar refractivity (Wildman–Crippen MR) is 49.2 cm³/mol. The van der Waals surface area contributed by atoms with E-state index in [1.54, 1.807) is 0 Å². The molecule has 0 saturated carbocycles. The highest BCUT2D eigenvalue weighted by atomic mass is 32.2. The Morgan fingerprint density at radius 1 is 1.17 bits per heavy atom. The van der Waals surface area contributed by atoms with Crippen LogP contribution in [0.4, 0.5) is 0 Å². The van der Waals surface area contributed by atoms with Gasteiger partial charge < -0.3 is 14.2 Å². The van der Waals surface area contributed by atoms with Crippen LogP contribution in [0.5, 0.6) is 0 Å². The lowest BCUT2D eigenvalue weighted by molar-refractivity contribution is -0.228. The Hall–Kier alpha value is 0.230. The molecular weight excluding hydrogens is 176 g/mol. The third-order valence-electron chi connectivity index (χ3n) is 1.52. The van der Waals surface area contributed by atoms with Gasteiger partial charge in [0.1, 0.15) is 0 Å². The highest BCUT2D eigenvalue weighted by Gasteiger charge is 2.22. The molecule has 2 atom stereocenters. The van der Waals surface area contributed by atoms with Crippen LogP contribution in [0.1, 0.15) is 13.8 Å². The monoisotopic (exact) mass is 192 g/mol. The van der Waals surface area contributed by atoms with E-state index in [-0.39, 0.29) is 12.6 Å². The van der Waals surface area contributed by atoms with Crippen LogP contribution in [-0.4, -0.2) is 37.3 Å². The molecule has 0 aromatic rings. The largest absolute Gasteiger partial charge is 0.352 e. The second-order valence-corrected chi connectivity index (χ2v) is 3.52. The van der Waals surface area contributed by atoms with Gasteiger partial charge >= 0.3 is 0 Å². The number of hydrogen-bond donors (Lipinski definition) is 0. The lowest BCUT2D eigenvalue weighted by atomic mass is 10.6. The van der Waals surface area contributed by atoms with Crippen molar-refractivity contribution in [3.63, 3.8) is 0 Å². The first-order chi connectivity index (χ1) is 5.86. The summed E-state index contributed by atoms with van der Waals surface area (Å²) in [5, 5.41) is 0. The molecule has 1 aliphatic heterocycles. The molecule has 0 bridgehead atoms. The summed E-state index contributed by atoms with van der Waals surface area (Å²) >= 11 is 1.82. The van der Waals surface area contributed by atoms with Crippen molar-refractivity contribution in [1.29, 1.82) is 0 Å². The molecule has 1 fully saturated rings. The molecule has 72 valence electrons. The summed E-state index contributed by atoms with van der Waals surface area (Å²) in [4.78, 5) is 0. The van der Waals surface area contributed by atoms with E-state index in [0.29, 0.717) is 13.2 Å². The molecule has 12 heavy (non-hydrogen) atoms. The van der Waals surface area contributed by atoms with Crippen molar-refractivity contribution in [3.05, 3.63) is 0 Å². The topological polar surface area (TPSA) is 27.7 Å². The van der Waals surface area contributed by atoms with Crippen molar-refractivity contribution >= 4 is 11.8 Å². The van der Waals surface area contributed by atoms with Gasteiger partial charge in [-0.15, -0.1) is 0 Å². The van der Waals surface area contributed by atoms with Crippen molar-refractivity contribution in [1.82, 2.24) is 0 Å². The molecule has 0 spiro atoms. The first-order valence-electron chi connectivity index (χ1n) is 4.33. The van der Waals surface area contributed by atoms with Crippen molar-refractivity contribution in [2.45, 2.75) is 26.4 Å². The first-order valence-corrected chi connectivity index (χ1v) is 5.48. The average molecular weight is 192 g/mol. The minimum Gasteiger partial charge on any atom is -0.352 e. The SMILES string of the molecule is CCO[C@H]1CSC[C@@H](OCC)O1. The molecular formula is C8H16O3S.